The Morgan fingerprint density at radius 2 is 1.95 bits per heavy atom. The Hall–Kier alpha value is -2.37. The Bertz CT molecular complexity index is 617. The van der Waals surface area contributed by atoms with Crippen molar-refractivity contribution >= 4 is 6.09 Å². The average molecular weight is 303 g/mol. The number of rotatable bonds is 4. The van der Waals surface area contributed by atoms with Gasteiger partial charge in [-0.2, -0.15) is 0 Å². The quantitative estimate of drug-likeness (QED) is 0.938. The maximum Gasteiger partial charge on any atom is 0.408 e. The van der Waals surface area contributed by atoms with E-state index in [1.807, 2.05) is 51.1 Å². The fourth-order valence-electron chi connectivity index (χ4n) is 1.95. The van der Waals surface area contributed by atoms with E-state index >= 15 is 0 Å². The van der Waals surface area contributed by atoms with E-state index in [2.05, 4.69) is 15.5 Å². The molecule has 2 rings (SSSR count). The molecule has 0 spiro atoms. The Labute approximate surface area is 129 Å². The SMILES string of the molecule is Cc1nnc([C@H](Cc2ccccc2)NC(=O)OC(C)(C)C)o1. The van der Waals surface area contributed by atoms with Gasteiger partial charge in [-0.05, 0) is 26.3 Å². The second-order valence-corrected chi connectivity index (χ2v) is 6.05. The van der Waals surface area contributed by atoms with Crippen molar-refractivity contribution in [3.05, 3.63) is 47.7 Å². The van der Waals surface area contributed by atoms with Crippen LogP contribution in [0.25, 0.3) is 0 Å². The molecule has 0 bridgehead atoms. The van der Waals surface area contributed by atoms with Crippen molar-refractivity contribution in [2.45, 2.75) is 45.8 Å². The van der Waals surface area contributed by atoms with Gasteiger partial charge in [0.2, 0.25) is 11.8 Å². The largest absolute Gasteiger partial charge is 0.444 e. The highest BCUT2D eigenvalue weighted by molar-refractivity contribution is 5.68. The summed E-state index contributed by atoms with van der Waals surface area (Å²) in [4.78, 5) is 12.0. The summed E-state index contributed by atoms with van der Waals surface area (Å²) in [5.74, 6) is 0.825. The molecule has 118 valence electrons. The minimum atomic E-state index is -0.563. The number of ether oxygens (including phenoxy) is 1. The van der Waals surface area contributed by atoms with Crippen molar-refractivity contribution in [3.8, 4) is 0 Å². The monoisotopic (exact) mass is 303 g/mol. The molecule has 1 heterocycles. The van der Waals surface area contributed by atoms with Gasteiger partial charge in [0, 0.05) is 13.3 Å². The van der Waals surface area contributed by atoms with Crippen LogP contribution in [-0.4, -0.2) is 21.9 Å². The third-order valence-electron chi connectivity index (χ3n) is 2.81. The number of amides is 1. The van der Waals surface area contributed by atoms with E-state index in [0.29, 0.717) is 18.2 Å². The lowest BCUT2D eigenvalue weighted by Crippen LogP contribution is -2.36. The van der Waals surface area contributed by atoms with Gasteiger partial charge in [0.25, 0.3) is 0 Å². The summed E-state index contributed by atoms with van der Waals surface area (Å²) in [6.45, 7) is 7.16. The highest BCUT2D eigenvalue weighted by Gasteiger charge is 2.24. The summed E-state index contributed by atoms with van der Waals surface area (Å²) in [6, 6.07) is 9.35. The van der Waals surface area contributed by atoms with E-state index < -0.39 is 17.7 Å². The molecule has 2 aromatic rings. The molecule has 1 N–H and O–H groups in total. The third kappa shape index (κ3) is 4.87. The topological polar surface area (TPSA) is 77.2 Å². The van der Waals surface area contributed by atoms with Crippen LogP contribution in [0, 0.1) is 6.92 Å². The minimum Gasteiger partial charge on any atom is -0.444 e. The highest BCUT2D eigenvalue weighted by Crippen LogP contribution is 2.18. The van der Waals surface area contributed by atoms with Gasteiger partial charge in [0.05, 0.1) is 0 Å². The zero-order valence-corrected chi connectivity index (χ0v) is 13.3. The molecule has 1 aromatic carbocycles. The van der Waals surface area contributed by atoms with Crippen LogP contribution in [0.1, 0.15) is 44.2 Å². The first-order chi connectivity index (χ1) is 10.3. The third-order valence-corrected chi connectivity index (χ3v) is 2.81. The van der Waals surface area contributed by atoms with E-state index in [1.54, 1.807) is 6.92 Å². The average Bonchev–Trinajstić information content (AvgIpc) is 2.84. The van der Waals surface area contributed by atoms with Gasteiger partial charge in [-0.3, -0.25) is 0 Å². The number of carbonyl (C=O) groups is 1. The summed E-state index contributed by atoms with van der Waals surface area (Å²) < 4.78 is 10.8. The smallest absolute Gasteiger partial charge is 0.408 e. The second kappa shape index (κ2) is 6.60. The molecule has 0 saturated carbocycles. The molecular weight excluding hydrogens is 282 g/mol. The van der Waals surface area contributed by atoms with E-state index in [1.165, 1.54) is 0 Å². The molecule has 0 aliphatic carbocycles. The summed E-state index contributed by atoms with van der Waals surface area (Å²) in [5.41, 5.74) is 0.492. The van der Waals surface area contributed by atoms with E-state index in [9.17, 15) is 4.79 Å². The van der Waals surface area contributed by atoms with Gasteiger partial charge < -0.3 is 14.5 Å². The molecule has 1 amide bonds. The van der Waals surface area contributed by atoms with Crippen molar-refractivity contribution in [1.82, 2.24) is 15.5 Å². The second-order valence-electron chi connectivity index (χ2n) is 6.05. The van der Waals surface area contributed by atoms with E-state index in [-0.39, 0.29) is 0 Å². The number of benzene rings is 1. The lowest BCUT2D eigenvalue weighted by atomic mass is 10.1. The lowest BCUT2D eigenvalue weighted by molar-refractivity contribution is 0.0495. The van der Waals surface area contributed by atoms with Crippen LogP contribution < -0.4 is 5.32 Å². The number of nitrogens with zero attached hydrogens (tertiary/aromatic N) is 2. The molecule has 6 nitrogen and oxygen atoms in total. The number of hydrogen-bond acceptors (Lipinski definition) is 5. The fraction of sp³-hybridized carbons (Fsp3) is 0.438. The number of aryl methyl sites for hydroxylation is 1. The van der Waals surface area contributed by atoms with Crippen LogP contribution >= 0.6 is 0 Å². The molecule has 0 fully saturated rings. The normalized spacial score (nSPS) is 12.7. The lowest BCUT2D eigenvalue weighted by Gasteiger charge is -2.22. The molecule has 1 aromatic heterocycles. The zero-order valence-electron chi connectivity index (χ0n) is 13.3. The van der Waals surface area contributed by atoms with E-state index in [4.69, 9.17) is 9.15 Å². The standard InChI is InChI=1S/C16H21N3O3/c1-11-18-19-14(21-11)13(10-12-8-6-5-7-9-12)17-15(20)22-16(2,3)4/h5-9,13H,10H2,1-4H3,(H,17,20)/t13-/m0/s1. The molecule has 0 aliphatic heterocycles. The van der Waals surface area contributed by atoms with Gasteiger partial charge in [-0.25, -0.2) is 4.79 Å². The summed E-state index contributed by atoms with van der Waals surface area (Å²) in [5, 5.41) is 10.6. The Morgan fingerprint density at radius 1 is 1.27 bits per heavy atom. The van der Waals surface area contributed by atoms with Gasteiger partial charge in [-0.15, -0.1) is 10.2 Å². The van der Waals surface area contributed by atoms with Crippen LogP contribution in [-0.2, 0) is 11.2 Å². The van der Waals surface area contributed by atoms with Crippen molar-refractivity contribution in [2.75, 3.05) is 0 Å². The van der Waals surface area contributed by atoms with Crippen LogP contribution in [0.4, 0.5) is 4.79 Å². The van der Waals surface area contributed by atoms with Crippen molar-refractivity contribution in [3.63, 3.8) is 0 Å². The van der Waals surface area contributed by atoms with E-state index in [0.717, 1.165) is 5.56 Å². The van der Waals surface area contributed by atoms with Crippen LogP contribution in [0.15, 0.2) is 34.7 Å². The van der Waals surface area contributed by atoms with Crippen molar-refractivity contribution in [1.29, 1.82) is 0 Å². The van der Waals surface area contributed by atoms with Gasteiger partial charge >= 0.3 is 6.09 Å². The predicted molar refractivity (Wildman–Crippen MR) is 81.3 cm³/mol. The summed E-state index contributed by atoms with van der Waals surface area (Å²) in [7, 11) is 0. The van der Waals surface area contributed by atoms with Gasteiger partial charge in [0.1, 0.15) is 11.6 Å². The van der Waals surface area contributed by atoms with Crippen LogP contribution in [0.3, 0.4) is 0 Å². The Kier molecular flexibility index (Phi) is 4.80. The number of aromatic nitrogens is 2. The number of alkyl carbamates (subject to hydrolysis) is 1. The summed E-state index contributed by atoms with van der Waals surface area (Å²) in [6.07, 6.45) is 0.0334. The van der Waals surface area contributed by atoms with Crippen LogP contribution in [0.2, 0.25) is 0 Å². The fourth-order valence-corrected chi connectivity index (χ4v) is 1.95. The molecule has 6 heteroatoms. The highest BCUT2D eigenvalue weighted by atomic mass is 16.6. The first-order valence-corrected chi connectivity index (χ1v) is 7.17. The number of carbonyl (C=O) groups excluding carboxylic acids is 1. The molecule has 0 aliphatic rings. The number of nitrogens with one attached hydrogen (secondary N) is 1. The molecule has 0 saturated heterocycles. The predicted octanol–water partition coefficient (Wildman–Crippen LogP) is 3.19. The first kappa shape index (κ1) is 16.0. The minimum absolute atomic E-state index is 0.368. The molecule has 1 atom stereocenters. The van der Waals surface area contributed by atoms with Gasteiger partial charge in [-0.1, -0.05) is 30.3 Å². The summed E-state index contributed by atoms with van der Waals surface area (Å²) >= 11 is 0. The number of hydrogen-bond donors (Lipinski definition) is 1. The Balaban J connectivity index is 2.13. The molecular formula is C16H21N3O3. The Morgan fingerprint density at radius 3 is 2.50 bits per heavy atom. The molecule has 0 unspecified atom stereocenters. The first-order valence-electron chi connectivity index (χ1n) is 7.17. The maximum atomic E-state index is 12.0. The maximum absolute atomic E-state index is 12.0. The van der Waals surface area contributed by atoms with Gasteiger partial charge in [0.15, 0.2) is 0 Å². The van der Waals surface area contributed by atoms with Crippen molar-refractivity contribution in [2.24, 2.45) is 0 Å². The zero-order chi connectivity index (χ0) is 16.2. The van der Waals surface area contributed by atoms with Crippen LogP contribution in [0.5, 0.6) is 0 Å². The molecule has 0 radical (unpaired) electrons. The molecule has 22 heavy (non-hydrogen) atoms. The van der Waals surface area contributed by atoms with Crippen molar-refractivity contribution < 1.29 is 13.9 Å².